The Morgan fingerprint density at radius 2 is 2.00 bits per heavy atom. The molecule has 2 aromatic rings. The van der Waals surface area contributed by atoms with Crippen LogP contribution in [0.15, 0.2) is 42.6 Å². The van der Waals surface area contributed by atoms with Crippen molar-refractivity contribution in [1.82, 2.24) is 10.3 Å². The number of aromatic hydroxyl groups is 1. The van der Waals surface area contributed by atoms with Crippen molar-refractivity contribution in [3.05, 3.63) is 53.9 Å². The Bertz CT molecular complexity index is 597. The molecule has 1 amide bonds. The van der Waals surface area contributed by atoms with E-state index in [-0.39, 0.29) is 11.7 Å². The number of phenolic OH excluding ortho intramolecular Hbond substituents is 1. The van der Waals surface area contributed by atoms with Crippen LogP contribution in [-0.4, -0.2) is 29.1 Å². The largest absolute Gasteiger partial charge is 0.508 e. The molecule has 0 fully saturated rings. The van der Waals surface area contributed by atoms with Gasteiger partial charge < -0.3 is 15.7 Å². The molecule has 1 aromatic carbocycles. The van der Waals surface area contributed by atoms with E-state index in [1.165, 1.54) is 0 Å². The molecular weight excluding hydrogens is 266 g/mol. The van der Waals surface area contributed by atoms with Crippen molar-refractivity contribution >= 4 is 11.6 Å². The van der Waals surface area contributed by atoms with Crippen LogP contribution in [0.5, 0.6) is 5.75 Å². The Morgan fingerprint density at radius 1 is 1.24 bits per heavy atom. The van der Waals surface area contributed by atoms with Gasteiger partial charge in [0.1, 0.15) is 11.4 Å². The van der Waals surface area contributed by atoms with Crippen molar-refractivity contribution in [2.24, 2.45) is 0 Å². The molecule has 5 heteroatoms. The molecule has 0 saturated carbocycles. The van der Waals surface area contributed by atoms with Crippen molar-refractivity contribution in [2.45, 2.75) is 13.3 Å². The van der Waals surface area contributed by atoms with Crippen molar-refractivity contribution < 1.29 is 9.90 Å². The highest BCUT2D eigenvalue weighted by Crippen LogP contribution is 2.10. The first-order valence-electron chi connectivity index (χ1n) is 6.95. The molecule has 1 aromatic heterocycles. The number of carbonyl (C=O) groups excluding carboxylic acids is 1. The quantitative estimate of drug-likeness (QED) is 0.760. The molecule has 0 saturated heterocycles. The fourth-order valence-electron chi connectivity index (χ4n) is 1.94. The zero-order chi connectivity index (χ0) is 15.1. The average molecular weight is 285 g/mol. The van der Waals surface area contributed by atoms with Crippen molar-refractivity contribution in [2.75, 3.05) is 18.4 Å². The number of carbonyl (C=O) groups is 1. The number of hydrogen-bond acceptors (Lipinski definition) is 4. The van der Waals surface area contributed by atoms with Crippen LogP contribution in [0.2, 0.25) is 0 Å². The Labute approximate surface area is 124 Å². The molecule has 0 atom stereocenters. The lowest BCUT2D eigenvalue weighted by atomic mass is 10.1. The minimum atomic E-state index is -0.187. The maximum Gasteiger partial charge on any atom is 0.269 e. The highest BCUT2D eigenvalue weighted by Gasteiger charge is 2.07. The van der Waals surface area contributed by atoms with Gasteiger partial charge in [0.15, 0.2) is 0 Å². The van der Waals surface area contributed by atoms with Gasteiger partial charge in [-0.3, -0.25) is 9.78 Å². The molecule has 5 nitrogen and oxygen atoms in total. The number of pyridine rings is 1. The lowest BCUT2D eigenvalue weighted by molar-refractivity contribution is 0.0949. The molecule has 21 heavy (non-hydrogen) atoms. The van der Waals surface area contributed by atoms with Gasteiger partial charge in [-0.1, -0.05) is 12.1 Å². The third kappa shape index (κ3) is 4.49. The summed E-state index contributed by atoms with van der Waals surface area (Å²) in [5.74, 6) is 0.0563. The molecule has 0 unspecified atom stereocenters. The van der Waals surface area contributed by atoms with Crippen LogP contribution < -0.4 is 10.6 Å². The molecule has 2 rings (SSSR count). The molecule has 0 aliphatic rings. The summed E-state index contributed by atoms with van der Waals surface area (Å²) in [4.78, 5) is 16.1. The minimum absolute atomic E-state index is 0.187. The third-order valence-corrected chi connectivity index (χ3v) is 3.01. The van der Waals surface area contributed by atoms with Gasteiger partial charge in [0.2, 0.25) is 0 Å². The Hall–Kier alpha value is -2.56. The predicted molar refractivity (Wildman–Crippen MR) is 82.5 cm³/mol. The molecule has 0 aliphatic carbocycles. The van der Waals surface area contributed by atoms with E-state index in [0.717, 1.165) is 17.8 Å². The van der Waals surface area contributed by atoms with Gasteiger partial charge in [-0.2, -0.15) is 0 Å². The zero-order valence-electron chi connectivity index (χ0n) is 12.0. The molecule has 0 bridgehead atoms. The van der Waals surface area contributed by atoms with E-state index in [4.69, 9.17) is 0 Å². The Kier molecular flexibility index (Phi) is 5.15. The van der Waals surface area contributed by atoms with E-state index in [1.54, 1.807) is 24.4 Å². The molecule has 0 aliphatic heterocycles. The van der Waals surface area contributed by atoms with Crippen LogP contribution in [0.25, 0.3) is 0 Å². The van der Waals surface area contributed by atoms with Crippen LogP contribution in [0.4, 0.5) is 5.69 Å². The van der Waals surface area contributed by atoms with Crippen LogP contribution in [0, 0.1) is 0 Å². The van der Waals surface area contributed by atoms with Gasteiger partial charge in [0.05, 0.1) is 0 Å². The van der Waals surface area contributed by atoms with E-state index in [2.05, 4.69) is 15.6 Å². The third-order valence-electron chi connectivity index (χ3n) is 3.01. The van der Waals surface area contributed by atoms with Gasteiger partial charge in [-0.15, -0.1) is 0 Å². The van der Waals surface area contributed by atoms with Crippen molar-refractivity contribution in [3.8, 4) is 5.75 Å². The number of anilines is 1. The first kappa shape index (κ1) is 14.8. The van der Waals surface area contributed by atoms with Crippen LogP contribution >= 0.6 is 0 Å². The standard InChI is InChI=1S/C16H19N3O2/c1-2-17-13-8-10-18-15(11-13)16(21)19-9-7-12-3-5-14(20)6-4-12/h3-6,8,10-11,20H,2,7,9H2,1H3,(H,17,18)(H,19,21). The zero-order valence-corrected chi connectivity index (χ0v) is 12.0. The van der Waals surface area contributed by atoms with E-state index in [0.29, 0.717) is 18.7 Å². The predicted octanol–water partition coefficient (Wildman–Crippen LogP) is 2.19. The number of aromatic nitrogens is 1. The van der Waals surface area contributed by atoms with E-state index in [1.807, 2.05) is 25.1 Å². The van der Waals surface area contributed by atoms with Crippen LogP contribution in [0.1, 0.15) is 23.0 Å². The molecule has 1 heterocycles. The van der Waals surface area contributed by atoms with Crippen LogP contribution in [0.3, 0.4) is 0 Å². The monoisotopic (exact) mass is 285 g/mol. The van der Waals surface area contributed by atoms with E-state index >= 15 is 0 Å². The smallest absolute Gasteiger partial charge is 0.269 e. The maximum atomic E-state index is 12.0. The van der Waals surface area contributed by atoms with E-state index in [9.17, 15) is 9.90 Å². The lowest BCUT2D eigenvalue weighted by Gasteiger charge is -2.07. The Balaban J connectivity index is 1.86. The number of amides is 1. The number of rotatable bonds is 6. The lowest BCUT2D eigenvalue weighted by Crippen LogP contribution is -2.26. The van der Waals surface area contributed by atoms with Crippen molar-refractivity contribution in [1.29, 1.82) is 0 Å². The number of nitrogens with one attached hydrogen (secondary N) is 2. The fourth-order valence-corrected chi connectivity index (χ4v) is 1.94. The van der Waals surface area contributed by atoms with Gasteiger partial charge in [-0.25, -0.2) is 0 Å². The number of hydrogen-bond donors (Lipinski definition) is 3. The second kappa shape index (κ2) is 7.28. The van der Waals surface area contributed by atoms with Gasteiger partial charge in [-0.05, 0) is 43.2 Å². The first-order chi connectivity index (χ1) is 10.2. The topological polar surface area (TPSA) is 74.2 Å². The van der Waals surface area contributed by atoms with Crippen LogP contribution in [-0.2, 0) is 6.42 Å². The first-order valence-corrected chi connectivity index (χ1v) is 6.95. The normalized spacial score (nSPS) is 10.1. The molecule has 3 N–H and O–H groups in total. The second-order valence-electron chi connectivity index (χ2n) is 4.63. The fraction of sp³-hybridized carbons (Fsp3) is 0.250. The van der Waals surface area contributed by atoms with Gasteiger partial charge in [0.25, 0.3) is 5.91 Å². The minimum Gasteiger partial charge on any atom is -0.508 e. The molecular formula is C16H19N3O2. The summed E-state index contributed by atoms with van der Waals surface area (Å²) in [6.45, 7) is 3.32. The van der Waals surface area contributed by atoms with E-state index < -0.39 is 0 Å². The molecule has 0 spiro atoms. The SMILES string of the molecule is CCNc1ccnc(C(=O)NCCc2ccc(O)cc2)c1. The summed E-state index contributed by atoms with van der Waals surface area (Å²) in [5, 5.41) is 15.2. The summed E-state index contributed by atoms with van der Waals surface area (Å²) < 4.78 is 0. The molecule has 0 radical (unpaired) electrons. The number of phenols is 1. The Morgan fingerprint density at radius 3 is 2.71 bits per heavy atom. The highest BCUT2D eigenvalue weighted by molar-refractivity contribution is 5.93. The highest BCUT2D eigenvalue weighted by atomic mass is 16.3. The summed E-state index contributed by atoms with van der Waals surface area (Å²) in [6, 6.07) is 10.5. The maximum absolute atomic E-state index is 12.0. The van der Waals surface area contributed by atoms with Gasteiger partial charge in [0, 0.05) is 25.0 Å². The summed E-state index contributed by atoms with van der Waals surface area (Å²) in [6.07, 6.45) is 2.33. The van der Waals surface area contributed by atoms with Crippen molar-refractivity contribution in [3.63, 3.8) is 0 Å². The molecule has 110 valence electrons. The van der Waals surface area contributed by atoms with Gasteiger partial charge >= 0.3 is 0 Å². The number of benzene rings is 1. The summed E-state index contributed by atoms with van der Waals surface area (Å²) in [5.41, 5.74) is 2.35. The number of nitrogens with zero attached hydrogens (tertiary/aromatic N) is 1. The second-order valence-corrected chi connectivity index (χ2v) is 4.63. The average Bonchev–Trinajstić information content (AvgIpc) is 2.50. The summed E-state index contributed by atoms with van der Waals surface area (Å²) >= 11 is 0. The summed E-state index contributed by atoms with van der Waals surface area (Å²) in [7, 11) is 0.